The summed E-state index contributed by atoms with van der Waals surface area (Å²) in [5.74, 6) is 0. The minimum absolute atomic E-state index is 0.151. The number of carbonyl (C=O) groups excluding carboxylic acids is 1. The molecular formula is C17H20ClN3O3S. The highest BCUT2D eigenvalue weighted by Gasteiger charge is 2.15. The van der Waals surface area contributed by atoms with Crippen LogP contribution >= 0.6 is 11.6 Å². The molecule has 1 atom stereocenters. The molecule has 0 aliphatic rings. The van der Waals surface area contributed by atoms with Crippen molar-refractivity contribution in [1.29, 1.82) is 0 Å². The van der Waals surface area contributed by atoms with E-state index in [1.807, 2.05) is 18.2 Å². The molecule has 0 bridgehead atoms. The topological polar surface area (TPSA) is 87.3 Å². The van der Waals surface area contributed by atoms with Gasteiger partial charge in [0.1, 0.15) is 0 Å². The summed E-state index contributed by atoms with van der Waals surface area (Å²) in [6.07, 6.45) is 0. The van der Waals surface area contributed by atoms with Crippen LogP contribution in [0.4, 0.5) is 4.79 Å². The van der Waals surface area contributed by atoms with Crippen LogP contribution in [0, 0.1) is 0 Å². The van der Waals surface area contributed by atoms with Gasteiger partial charge in [0, 0.05) is 11.6 Å². The molecule has 0 spiro atoms. The average Bonchev–Trinajstić information content (AvgIpc) is 2.61. The van der Waals surface area contributed by atoms with Crippen molar-refractivity contribution >= 4 is 27.7 Å². The molecule has 8 heteroatoms. The Hall–Kier alpha value is -2.09. The van der Waals surface area contributed by atoms with E-state index in [2.05, 4.69) is 15.4 Å². The molecule has 0 aliphatic carbocycles. The van der Waals surface area contributed by atoms with Gasteiger partial charge in [-0.2, -0.15) is 0 Å². The van der Waals surface area contributed by atoms with Gasteiger partial charge in [-0.1, -0.05) is 41.9 Å². The number of hydrogen-bond acceptors (Lipinski definition) is 3. The number of benzene rings is 2. The number of halogens is 1. The highest BCUT2D eigenvalue weighted by Crippen LogP contribution is 2.17. The predicted molar refractivity (Wildman–Crippen MR) is 97.9 cm³/mol. The third-order valence-corrected chi connectivity index (χ3v) is 5.46. The van der Waals surface area contributed by atoms with Crippen molar-refractivity contribution in [1.82, 2.24) is 15.4 Å². The van der Waals surface area contributed by atoms with Crippen molar-refractivity contribution in [2.45, 2.75) is 24.4 Å². The van der Waals surface area contributed by atoms with E-state index < -0.39 is 10.0 Å². The monoisotopic (exact) mass is 381 g/mol. The first-order chi connectivity index (χ1) is 11.8. The molecule has 25 heavy (non-hydrogen) atoms. The maximum atomic E-state index is 12.1. The molecule has 2 amide bonds. The second-order valence-corrected chi connectivity index (χ2v) is 7.71. The van der Waals surface area contributed by atoms with E-state index in [1.54, 1.807) is 25.1 Å². The van der Waals surface area contributed by atoms with Gasteiger partial charge in [0.25, 0.3) is 0 Å². The molecule has 0 radical (unpaired) electrons. The first kappa shape index (κ1) is 19.2. The number of carbonyl (C=O) groups is 1. The van der Waals surface area contributed by atoms with Crippen LogP contribution in [0.3, 0.4) is 0 Å². The van der Waals surface area contributed by atoms with Crippen LogP contribution in [0.5, 0.6) is 0 Å². The molecule has 1 unspecified atom stereocenters. The summed E-state index contributed by atoms with van der Waals surface area (Å²) in [5.41, 5.74) is 1.50. The van der Waals surface area contributed by atoms with Crippen molar-refractivity contribution < 1.29 is 13.2 Å². The van der Waals surface area contributed by atoms with Crippen molar-refractivity contribution in [3.63, 3.8) is 0 Å². The lowest BCUT2D eigenvalue weighted by Gasteiger charge is -2.16. The molecule has 3 N–H and O–H groups in total. The third kappa shape index (κ3) is 5.19. The first-order valence-corrected chi connectivity index (χ1v) is 9.51. The molecule has 6 nitrogen and oxygen atoms in total. The second kappa shape index (κ2) is 8.33. The Balaban J connectivity index is 2.00. The molecule has 2 rings (SSSR count). The predicted octanol–water partition coefficient (Wildman–Crippen LogP) is 2.81. The second-order valence-electron chi connectivity index (χ2n) is 5.42. The normalized spacial score (nSPS) is 12.4. The number of sulfonamides is 1. The molecule has 0 saturated heterocycles. The van der Waals surface area contributed by atoms with Gasteiger partial charge in [0.05, 0.1) is 10.9 Å². The van der Waals surface area contributed by atoms with E-state index in [0.717, 1.165) is 5.56 Å². The summed E-state index contributed by atoms with van der Waals surface area (Å²) in [6.45, 7) is 2.08. The standard InChI is InChI=1S/C17H20ClN3O3S/c1-12(13-7-5-8-15(10-13)25(23,24)19-2)21-17(22)20-11-14-6-3-4-9-16(14)18/h3-10,12,19H,11H2,1-2H3,(H2,20,21,22). The Labute approximate surface area is 152 Å². The van der Waals surface area contributed by atoms with Crippen molar-refractivity contribution in [2.24, 2.45) is 0 Å². The zero-order chi connectivity index (χ0) is 18.4. The molecule has 134 valence electrons. The number of urea groups is 1. The van der Waals surface area contributed by atoms with E-state index in [1.165, 1.54) is 19.2 Å². The van der Waals surface area contributed by atoms with Gasteiger partial charge in [-0.3, -0.25) is 0 Å². The maximum absolute atomic E-state index is 12.1. The Kier molecular flexibility index (Phi) is 6.41. The molecule has 0 fully saturated rings. The Morgan fingerprint density at radius 3 is 2.56 bits per heavy atom. The SMILES string of the molecule is CNS(=O)(=O)c1cccc(C(C)NC(=O)NCc2ccccc2Cl)c1. The highest BCUT2D eigenvalue weighted by atomic mass is 35.5. The summed E-state index contributed by atoms with van der Waals surface area (Å²) in [7, 11) is -2.17. The Morgan fingerprint density at radius 1 is 1.16 bits per heavy atom. The lowest BCUT2D eigenvalue weighted by Crippen LogP contribution is -2.36. The molecule has 0 aliphatic heterocycles. The summed E-state index contributed by atoms with van der Waals surface area (Å²) >= 11 is 6.05. The number of nitrogens with one attached hydrogen (secondary N) is 3. The molecule has 2 aromatic rings. The first-order valence-electron chi connectivity index (χ1n) is 7.65. The number of amides is 2. The van der Waals surface area contributed by atoms with Crippen LogP contribution < -0.4 is 15.4 Å². The zero-order valence-electron chi connectivity index (χ0n) is 13.9. The van der Waals surface area contributed by atoms with Crippen molar-refractivity contribution in [3.05, 3.63) is 64.7 Å². The third-order valence-electron chi connectivity index (χ3n) is 3.68. The molecular weight excluding hydrogens is 362 g/mol. The molecule has 0 heterocycles. The summed E-state index contributed by atoms with van der Waals surface area (Å²) in [6, 6.07) is 13.0. The minimum atomic E-state index is -3.53. The fourth-order valence-corrected chi connectivity index (χ4v) is 3.20. The van der Waals surface area contributed by atoms with Gasteiger partial charge in [-0.15, -0.1) is 0 Å². The number of rotatable bonds is 6. The van der Waals surface area contributed by atoms with Crippen LogP contribution in [-0.4, -0.2) is 21.5 Å². The van der Waals surface area contributed by atoms with Gasteiger partial charge in [0.15, 0.2) is 0 Å². The lowest BCUT2D eigenvalue weighted by molar-refractivity contribution is 0.237. The van der Waals surface area contributed by atoms with Gasteiger partial charge < -0.3 is 10.6 Å². The van der Waals surface area contributed by atoms with Crippen molar-refractivity contribution in [2.75, 3.05) is 7.05 Å². The lowest BCUT2D eigenvalue weighted by atomic mass is 10.1. The van der Waals surface area contributed by atoms with Gasteiger partial charge in [0.2, 0.25) is 10.0 Å². The van der Waals surface area contributed by atoms with Crippen LogP contribution in [0.15, 0.2) is 53.4 Å². The fraction of sp³-hybridized carbons (Fsp3) is 0.235. The molecule has 0 aromatic heterocycles. The smallest absolute Gasteiger partial charge is 0.315 e. The maximum Gasteiger partial charge on any atom is 0.315 e. The Bertz CT molecular complexity index is 856. The molecule has 0 saturated carbocycles. The van der Waals surface area contributed by atoms with Crippen LogP contribution in [0.2, 0.25) is 5.02 Å². The summed E-state index contributed by atoms with van der Waals surface area (Å²) in [5, 5.41) is 6.09. The number of hydrogen-bond donors (Lipinski definition) is 3. The van der Waals surface area contributed by atoms with Gasteiger partial charge >= 0.3 is 6.03 Å². The summed E-state index contributed by atoms with van der Waals surface area (Å²) in [4.78, 5) is 12.2. The minimum Gasteiger partial charge on any atom is -0.334 e. The van der Waals surface area contributed by atoms with E-state index in [-0.39, 0.29) is 17.0 Å². The Morgan fingerprint density at radius 2 is 1.88 bits per heavy atom. The van der Waals surface area contributed by atoms with E-state index in [9.17, 15) is 13.2 Å². The van der Waals surface area contributed by atoms with E-state index in [4.69, 9.17) is 11.6 Å². The van der Waals surface area contributed by atoms with E-state index >= 15 is 0 Å². The quantitative estimate of drug-likeness (QED) is 0.719. The molecule has 2 aromatic carbocycles. The largest absolute Gasteiger partial charge is 0.334 e. The average molecular weight is 382 g/mol. The van der Waals surface area contributed by atoms with Crippen LogP contribution in [-0.2, 0) is 16.6 Å². The summed E-state index contributed by atoms with van der Waals surface area (Å²) < 4.78 is 26.0. The van der Waals surface area contributed by atoms with Gasteiger partial charge in [-0.05, 0) is 43.3 Å². The zero-order valence-corrected chi connectivity index (χ0v) is 15.5. The van der Waals surface area contributed by atoms with Crippen LogP contribution in [0.1, 0.15) is 24.1 Å². The fourth-order valence-electron chi connectivity index (χ4n) is 2.22. The van der Waals surface area contributed by atoms with Crippen LogP contribution in [0.25, 0.3) is 0 Å². The highest BCUT2D eigenvalue weighted by molar-refractivity contribution is 7.89. The van der Waals surface area contributed by atoms with Gasteiger partial charge in [-0.25, -0.2) is 17.9 Å². The van der Waals surface area contributed by atoms with E-state index in [0.29, 0.717) is 17.1 Å². The van der Waals surface area contributed by atoms with Crippen molar-refractivity contribution in [3.8, 4) is 0 Å².